The minimum absolute atomic E-state index is 0.0755. The van der Waals surface area contributed by atoms with Crippen LogP contribution in [0, 0.1) is 5.92 Å². The van der Waals surface area contributed by atoms with Gasteiger partial charge in [0.25, 0.3) is 5.56 Å². The summed E-state index contributed by atoms with van der Waals surface area (Å²) < 4.78 is 5.52. The Kier molecular flexibility index (Phi) is 5.19. The molecule has 0 amide bonds. The quantitative estimate of drug-likeness (QED) is 0.801. The number of anilines is 1. The summed E-state index contributed by atoms with van der Waals surface area (Å²) in [7, 11) is 1.25. The number of hydrogen-bond donors (Lipinski definition) is 1. The first kappa shape index (κ1) is 15.8. The monoisotopic (exact) mass is 314 g/mol. The fraction of sp³-hybridized carbons (Fsp3) is 0.615. The van der Waals surface area contributed by atoms with E-state index in [0.29, 0.717) is 18.2 Å². The van der Waals surface area contributed by atoms with E-state index in [0.717, 1.165) is 30.6 Å². The minimum Gasteiger partial charge on any atom is -0.468 e. The summed E-state index contributed by atoms with van der Waals surface area (Å²) in [5.41, 5.74) is 5.82. The zero-order chi connectivity index (χ0) is 15.4. The number of hydrogen-bond acceptors (Lipinski definition) is 6. The lowest BCUT2D eigenvalue weighted by atomic mass is 9.98. The highest BCUT2D eigenvalue weighted by Crippen LogP contribution is 2.26. The molecule has 0 spiro atoms. The molecule has 1 aromatic heterocycles. The van der Waals surface area contributed by atoms with Crippen LogP contribution in [0.5, 0.6) is 0 Å². The third kappa shape index (κ3) is 3.54. The molecular formula is C13H19ClN4O3. The van der Waals surface area contributed by atoms with Gasteiger partial charge in [-0.1, -0.05) is 11.6 Å². The number of carbonyl (C=O) groups is 1. The normalized spacial score (nSPS) is 18.6. The second-order valence-electron chi connectivity index (χ2n) is 5.07. The molecule has 1 aliphatic rings. The number of aromatic nitrogens is 2. The Morgan fingerprint density at radius 2 is 2.38 bits per heavy atom. The Bertz CT molecular complexity index is 575. The molecule has 1 saturated heterocycles. The number of nitrogens with zero attached hydrogens (tertiary/aromatic N) is 3. The Labute approximate surface area is 127 Å². The number of halogens is 1. The van der Waals surface area contributed by atoms with Crippen LogP contribution in [0.2, 0.25) is 5.02 Å². The van der Waals surface area contributed by atoms with E-state index in [2.05, 4.69) is 9.84 Å². The van der Waals surface area contributed by atoms with Crippen molar-refractivity contribution >= 4 is 23.3 Å². The van der Waals surface area contributed by atoms with Crippen LogP contribution in [0.15, 0.2) is 11.0 Å². The highest BCUT2D eigenvalue weighted by Gasteiger charge is 2.23. The molecule has 1 atom stereocenters. The van der Waals surface area contributed by atoms with Gasteiger partial charge in [-0.2, -0.15) is 5.10 Å². The summed E-state index contributed by atoms with van der Waals surface area (Å²) in [5, 5.41) is 4.07. The third-order valence-electron chi connectivity index (χ3n) is 3.67. The van der Waals surface area contributed by atoms with Gasteiger partial charge in [-0.3, -0.25) is 9.59 Å². The summed E-state index contributed by atoms with van der Waals surface area (Å²) >= 11 is 6.15. The van der Waals surface area contributed by atoms with Crippen LogP contribution in [0.3, 0.4) is 0 Å². The summed E-state index contributed by atoms with van der Waals surface area (Å²) in [6, 6.07) is 0. The second-order valence-corrected chi connectivity index (χ2v) is 5.45. The Balaban J connectivity index is 2.24. The highest BCUT2D eigenvalue weighted by molar-refractivity contribution is 6.33. The molecule has 2 heterocycles. The van der Waals surface area contributed by atoms with E-state index in [4.69, 9.17) is 17.3 Å². The molecular weight excluding hydrogens is 296 g/mol. The average Bonchev–Trinajstić information content (AvgIpc) is 2.52. The summed E-state index contributed by atoms with van der Waals surface area (Å²) in [5.74, 6) is -0.151. The first-order chi connectivity index (χ1) is 10.1. The van der Waals surface area contributed by atoms with Crippen molar-refractivity contribution in [3.8, 4) is 0 Å². The van der Waals surface area contributed by atoms with E-state index >= 15 is 0 Å². The van der Waals surface area contributed by atoms with Gasteiger partial charge in [0.1, 0.15) is 11.6 Å². The fourth-order valence-corrected chi connectivity index (χ4v) is 2.72. The molecule has 7 nitrogen and oxygen atoms in total. The first-order valence-corrected chi connectivity index (χ1v) is 7.22. The van der Waals surface area contributed by atoms with Crippen LogP contribution < -0.4 is 16.2 Å². The highest BCUT2D eigenvalue weighted by atomic mass is 35.5. The number of nitrogens with two attached hydrogens (primary N) is 1. The van der Waals surface area contributed by atoms with Gasteiger partial charge >= 0.3 is 5.97 Å². The molecule has 0 bridgehead atoms. The molecule has 1 aromatic rings. The topological polar surface area (TPSA) is 90.5 Å². The van der Waals surface area contributed by atoms with E-state index in [-0.39, 0.29) is 11.6 Å². The van der Waals surface area contributed by atoms with Crippen molar-refractivity contribution in [3.63, 3.8) is 0 Å². The molecule has 0 radical (unpaired) electrons. The lowest BCUT2D eigenvalue weighted by Crippen LogP contribution is -2.40. The number of esters is 1. The van der Waals surface area contributed by atoms with E-state index in [1.165, 1.54) is 13.3 Å². The predicted molar refractivity (Wildman–Crippen MR) is 79.5 cm³/mol. The standard InChI is InChI=1S/C13H19ClN4O3/c1-21-11(19)8-18-13(20)12(14)10(6-16-18)17-4-2-3-9(5-15)7-17/h6,9H,2-5,7-8,15H2,1H3. The number of methoxy groups -OCH3 is 1. The summed E-state index contributed by atoms with van der Waals surface area (Å²) in [4.78, 5) is 25.4. The van der Waals surface area contributed by atoms with Crippen molar-refractivity contribution in [2.24, 2.45) is 11.7 Å². The van der Waals surface area contributed by atoms with E-state index < -0.39 is 11.5 Å². The number of ether oxygens (including phenoxy) is 1. The van der Waals surface area contributed by atoms with Crippen LogP contribution >= 0.6 is 11.6 Å². The van der Waals surface area contributed by atoms with Gasteiger partial charge in [0.2, 0.25) is 0 Å². The maximum atomic E-state index is 12.1. The van der Waals surface area contributed by atoms with E-state index in [1.54, 1.807) is 0 Å². The molecule has 0 aromatic carbocycles. The third-order valence-corrected chi connectivity index (χ3v) is 4.02. The Hall–Kier alpha value is -1.60. The van der Waals surface area contributed by atoms with Gasteiger partial charge < -0.3 is 15.4 Å². The van der Waals surface area contributed by atoms with Gasteiger partial charge in [0, 0.05) is 13.1 Å². The lowest BCUT2D eigenvalue weighted by molar-refractivity contribution is -0.141. The molecule has 21 heavy (non-hydrogen) atoms. The van der Waals surface area contributed by atoms with E-state index in [9.17, 15) is 9.59 Å². The van der Waals surface area contributed by atoms with Gasteiger partial charge in [-0.25, -0.2) is 4.68 Å². The zero-order valence-corrected chi connectivity index (χ0v) is 12.7. The maximum absolute atomic E-state index is 12.1. The fourth-order valence-electron chi connectivity index (χ4n) is 2.45. The van der Waals surface area contributed by atoms with Crippen molar-refractivity contribution in [2.45, 2.75) is 19.4 Å². The van der Waals surface area contributed by atoms with Crippen LogP contribution in [-0.2, 0) is 16.1 Å². The van der Waals surface area contributed by atoms with Crippen molar-refractivity contribution < 1.29 is 9.53 Å². The van der Waals surface area contributed by atoms with Gasteiger partial charge in [-0.05, 0) is 25.3 Å². The number of piperidine rings is 1. The second kappa shape index (κ2) is 6.91. The molecule has 0 aliphatic carbocycles. The maximum Gasteiger partial charge on any atom is 0.327 e. The largest absolute Gasteiger partial charge is 0.468 e. The predicted octanol–water partition coefficient (Wildman–Crippen LogP) is 0.245. The zero-order valence-electron chi connectivity index (χ0n) is 11.9. The molecule has 0 saturated carbocycles. The number of rotatable bonds is 4. The molecule has 2 rings (SSSR count). The summed E-state index contributed by atoms with van der Waals surface area (Å²) in [6.07, 6.45) is 3.60. The Morgan fingerprint density at radius 3 is 3.05 bits per heavy atom. The van der Waals surface area contributed by atoms with Gasteiger partial charge in [-0.15, -0.1) is 0 Å². The van der Waals surface area contributed by atoms with Crippen LogP contribution in [0.1, 0.15) is 12.8 Å². The Morgan fingerprint density at radius 1 is 1.62 bits per heavy atom. The van der Waals surface area contributed by atoms with Crippen molar-refractivity contribution in [3.05, 3.63) is 21.6 Å². The molecule has 1 unspecified atom stereocenters. The van der Waals surface area contributed by atoms with Crippen molar-refractivity contribution in [1.82, 2.24) is 9.78 Å². The smallest absolute Gasteiger partial charge is 0.327 e. The summed E-state index contributed by atoms with van der Waals surface area (Å²) in [6.45, 7) is 1.94. The van der Waals surface area contributed by atoms with Crippen LogP contribution in [0.4, 0.5) is 5.69 Å². The van der Waals surface area contributed by atoms with Crippen LogP contribution in [0.25, 0.3) is 0 Å². The lowest BCUT2D eigenvalue weighted by Gasteiger charge is -2.34. The molecule has 2 N–H and O–H groups in total. The minimum atomic E-state index is -0.547. The van der Waals surface area contributed by atoms with Crippen LogP contribution in [-0.4, -0.2) is 42.5 Å². The molecule has 1 aliphatic heterocycles. The van der Waals surface area contributed by atoms with Crippen molar-refractivity contribution in [2.75, 3.05) is 31.6 Å². The van der Waals surface area contributed by atoms with Gasteiger partial charge in [0.15, 0.2) is 0 Å². The number of carbonyl (C=O) groups excluding carboxylic acids is 1. The van der Waals surface area contributed by atoms with E-state index in [1.807, 2.05) is 4.90 Å². The molecule has 1 fully saturated rings. The SMILES string of the molecule is COC(=O)Cn1ncc(N2CCCC(CN)C2)c(Cl)c1=O. The average molecular weight is 315 g/mol. The molecule has 116 valence electrons. The molecule has 8 heteroatoms. The van der Waals surface area contributed by atoms with Crippen molar-refractivity contribution in [1.29, 1.82) is 0 Å². The van der Waals surface area contributed by atoms with Gasteiger partial charge in [0.05, 0.1) is 19.0 Å². The first-order valence-electron chi connectivity index (χ1n) is 6.84.